The van der Waals surface area contributed by atoms with Crippen molar-refractivity contribution in [3.63, 3.8) is 0 Å². The van der Waals surface area contributed by atoms with Crippen molar-refractivity contribution in [3.8, 4) is 0 Å². The average Bonchev–Trinajstić information content (AvgIpc) is 2.19. The number of nitrogens with one attached hydrogen (secondary N) is 1. The van der Waals surface area contributed by atoms with E-state index in [4.69, 9.17) is 4.74 Å². The van der Waals surface area contributed by atoms with Crippen molar-refractivity contribution in [1.82, 2.24) is 5.32 Å². The van der Waals surface area contributed by atoms with Crippen molar-refractivity contribution in [3.05, 3.63) is 12.2 Å². The quantitative estimate of drug-likeness (QED) is 0.479. The molecule has 0 bridgehead atoms. The zero-order valence-corrected chi connectivity index (χ0v) is 9.21. The molecular weight excluding hydrogens is 178 g/mol. The molecule has 0 aliphatic rings. The summed E-state index contributed by atoms with van der Waals surface area (Å²) in [5.41, 5.74) is 0. The first kappa shape index (κ1) is 13.2. The van der Waals surface area contributed by atoms with Crippen molar-refractivity contribution in [2.45, 2.75) is 33.1 Å². The molecule has 14 heavy (non-hydrogen) atoms. The first-order valence-corrected chi connectivity index (χ1v) is 5.30. The number of hydrogen-bond acceptors (Lipinski definition) is 2. The predicted octanol–water partition coefficient (Wildman–Crippen LogP) is 1.89. The number of carbonyl (C=O) groups is 1. The highest BCUT2D eigenvalue weighted by Crippen LogP contribution is 1.87. The minimum atomic E-state index is -0.0399. The number of allylic oxidation sites excluding steroid dienone is 1. The summed E-state index contributed by atoms with van der Waals surface area (Å²) < 4.78 is 5.16. The third-order valence-corrected chi connectivity index (χ3v) is 1.69. The Morgan fingerprint density at radius 3 is 2.79 bits per heavy atom. The van der Waals surface area contributed by atoms with Gasteiger partial charge in [0.2, 0.25) is 5.91 Å². The Morgan fingerprint density at radius 2 is 2.14 bits per heavy atom. The van der Waals surface area contributed by atoms with Gasteiger partial charge < -0.3 is 10.1 Å². The third-order valence-electron chi connectivity index (χ3n) is 1.69. The second-order valence-corrected chi connectivity index (χ2v) is 3.09. The molecule has 0 saturated carbocycles. The Hall–Kier alpha value is -0.830. The lowest BCUT2D eigenvalue weighted by Crippen LogP contribution is -2.27. The van der Waals surface area contributed by atoms with E-state index in [1.165, 1.54) is 0 Å². The molecule has 3 heteroatoms. The number of amides is 1. The van der Waals surface area contributed by atoms with Crippen LogP contribution >= 0.6 is 0 Å². The van der Waals surface area contributed by atoms with Crippen molar-refractivity contribution in [1.29, 1.82) is 0 Å². The summed E-state index contributed by atoms with van der Waals surface area (Å²) in [6, 6.07) is 0. The minimum absolute atomic E-state index is 0.0399. The standard InChI is InChI=1S/C11H21NO2/c1-3-5-7-8-12-11(13)10-14-9-6-4-2/h5,7H,3-4,6,8-10H2,1-2H3,(H,12,13)/b7-5+. The van der Waals surface area contributed by atoms with E-state index in [1.807, 2.05) is 12.2 Å². The summed E-state index contributed by atoms with van der Waals surface area (Å²) in [5, 5.41) is 2.74. The summed E-state index contributed by atoms with van der Waals surface area (Å²) in [4.78, 5) is 11.1. The Kier molecular flexibility index (Phi) is 9.64. The van der Waals surface area contributed by atoms with Gasteiger partial charge in [0.25, 0.3) is 0 Å². The van der Waals surface area contributed by atoms with Crippen molar-refractivity contribution < 1.29 is 9.53 Å². The largest absolute Gasteiger partial charge is 0.372 e. The Balaban J connectivity index is 3.24. The van der Waals surface area contributed by atoms with Gasteiger partial charge in [-0.15, -0.1) is 0 Å². The van der Waals surface area contributed by atoms with Crippen LogP contribution in [0.2, 0.25) is 0 Å². The molecule has 1 N–H and O–H groups in total. The molecule has 0 atom stereocenters. The van der Waals surface area contributed by atoms with Gasteiger partial charge in [0.05, 0.1) is 0 Å². The van der Waals surface area contributed by atoms with Gasteiger partial charge in [0.15, 0.2) is 0 Å². The number of hydrogen-bond donors (Lipinski definition) is 1. The zero-order valence-electron chi connectivity index (χ0n) is 9.21. The maximum atomic E-state index is 11.1. The zero-order chi connectivity index (χ0) is 10.6. The molecule has 0 aliphatic carbocycles. The van der Waals surface area contributed by atoms with Crippen LogP contribution in [-0.4, -0.2) is 25.7 Å². The molecular formula is C11H21NO2. The van der Waals surface area contributed by atoms with Crippen LogP contribution in [0.1, 0.15) is 33.1 Å². The van der Waals surface area contributed by atoms with Crippen LogP contribution < -0.4 is 5.32 Å². The van der Waals surface area contributed by atoms with E-state index in [0.29, 0.717) is 13.2 Å². The van der Waals surface area contributed by atoms with E-state index in [1.54, 1.807) is 0 Å². The molecule has 0 saturated heterocycles. The topological polar surface area (TPSA) is 38.3 Å². The van der Waals surface area contributed by atoms with Crippen molar-refractivity contribution in [2.24, 2.45) is 0 Å². The van der Waals surface area contributed by atoms with Crippen LogP contribution in [0.15, 0.2) is 12.2 Å². The van der Waals surface area contributed by atoms with Crippen LogP contribution in [-0.2, 0) is 9.53 Å². The highest BCUT2D eigenvalue weighted by atomic mass is 16.5. The normalized spacial score (nSPS) is 10.7. The van der Waals surface area contributed by atoms with Gasteiger partial charge in [-0.05, 0) is 12.8 Å². The third kappa shape index (κ3) is 9.26. The second-order valence-electron chi connectivity index (χ2n) is 3.09. The van der Waals surface area contributed by atoms with E-state index in [9.17, 15) is 4.79 Å². The average molecular weight is 199 g/mol. The van der Waals surface area contributed by atoms with Crippen LogP contribution in [0.25, 0.3) is 0 Å². The lowest BCUT2D eigenvalue weighted by Gasteiger charge is -2.03. The van der Waals surface area contributed by atoms with Crippen LogP contribution in [0.4, 0.5) is 0 Å². The van der Waals surface area contributed by atoms with Gasteiger partial charge in [0.1, 0.15) is 6.61 Å². The summed E-state index contributed by atoms with van der Waals surface area (Å²) in [5.74, 6) is -0.0399. The van der Waals surface area contributed by atoms with E-state index >= 15 is 0 Å². The molecule has 0 rings (SSSR count). The Morgan fingerprint density at radius 1 is 1.36 bits per heavy atom. The van der Waals surface area contributed by atoms with Gasteiger partial charge in [-0.3, -0.25) is 4.79 Å². The van der Waals surface area contributed by atoms with E-state index in [0.717, 1.165) is 19.3 Å². The van der Waals surface area contributed by atoms with Crippen LogP contribution in [0, 0.1) is 0 Å². The molecule has 0 aromatic carbocycles. The van der Waals surface area contributed by atoms with Crippen molar-refractivity contribution >= 4 is 5.91 Å². The fourth-order valence-corrected chi connectivity index (χ4v) is 0.885. The fraction of sp³-hybridized carbons (Fsp3) is 0.727. The smallest absolute Gasteiger partial charge is 0.246 e. The van der Waals surface area contributed by atoms with E-state index in [-0.39, 0.29) is 12.5 Å². The first-order chi connectivity index (χ1) is 6.81. The lowest BCUT2D eigenvalue weighted by atomic mass is 10.4. The second kappa shape index (κ2) is 10.3. The molecule has 0 unspecified atom stereocenters. The van der Waals surface area contributed by atoms with Gasteiger partial charge in [0, 0.05) is 13.2 Å². The molecule has 0 aromatic heterocycles. The monoisotopic (exact) mass is 199 g/mol. The number of rotatable bonds is 8. The highest BCUT2D eigenvalue weighted by Gasteiger charge is 1.97. The summed E-state index contributed by atoms with van der Waals surface area (Å²) in [6.45, 7) is 5.61. The number of ether oxygens (including phenoxy) is 1. The maximum Gasteiger partial charge on any atom is 0.246 e. The van der Waals surface area contributed by atoms with Gasteiger partial charge in [-0.25, -0.2) is 0 Å². The Bertz CT molecular complexity index is 167. The van der Waals surface area contributed by atoms with Crippen molar-refractivity contribution in [2.75, 3.05) is 19.8 Å². The summed E-state index contributed by atoms with van der Waals surface area (Å²) >= 11 is 0. The highest BCUT2D eigenvalue weighted by molar-refractivity contribution is 5.77. The molecule has 0 spiro atoms. The maximum absolute atomic E-state index is 11.1. The molecule has 0 fully saturated rings. The molecule has 1 amide bonds. The molecule has 3 nitrogen and oxygen atoms in total. The van der Waals surface area contributed by atoms with Gasteiger partial charge in [-0.2, -0.15) is 0 Å². The molecule has 82 valence electrons. The summed E-state index contributed by atoms with van der Waals surface area (Å²) in [6.07, 6.45) is 7.09. The lowest BCUT2D eigenvalue weighted by molar-refractivity contribution is -0.125. The Labute approximate surface area is 86.5 Å². The minimum Gasteiger partial charge on any atom is -0.372 e. The molecule has 0 aliphatic heterocycles. The molecule has 0 aromatic rings. The van der Waals surface area contributed by atoms with Gasteiger partial charge in [-0.1, -0.05) is 32.4 Å². The van der Waals surface area contributed by atoms with Gasteiger partial charge >= 0.3 is 0 Å². The van der Waals surface area contributed by atoms with E-state index in [2.05, 4.69) is 19.2 Å². The summed E-state index contributed by atoms with van der Waals surface area (Å²) in [7, 11) is 0. The van der Waals surface area contributed by atoms with Crippen LogP contribution in [0.3, 0.4) is 0 Å². The predicted molar refractivity (Wildman–Crippen MR) is 58.2 cm³/mol. The number of unbranched alkanes of at least 4 members (excludes halogenated alkanes) is 1. The SMILES string of the molecule is CC/C=C/CNC(=O)COCCCC. The fourth-order valence-electron chi connectivity index (χ4n) is 0.885. The number of carbonyl (C=O) groups excluding carboxylic acids is 1. The van der Waals surface area contributed by atoms with E-state index < -0.39 is 0 Å². The first-order valence-electron chi connectivity index (χ1n) is 5.30. The van der Waals surface area contributed by atoms with Crippen LogP contribution in [0.5, 0.6) is 0 Å². The molecule has 0 radical (unpaired) electrons. The molecule has 0 heterocycles.